The van der Waals surface area contributed by atoms with E-state index in [0.717, 1.165) is 18.6 Å². The van der Waals surface area contributed by atoms with E-state index in [1.807, 2.05) is 0 Å². The average Bonchev–Trinajstić information content (AvgIpc) is 3.01. The van der Waals surface area contributed by atoms with Crippen molar-refractivity contribution < 1.29 is 0 Å². The van der Waals surface area contributed by atoms with Crippen LogP contribution in [0.15, 0.2) is 76.0 Å². The third-order valence-corrected chi connectivity index (χ3v) is 7.13. The van der Waals surface area contributed by atoms with Gasteiger partial charge >= 0.3 is 0 Å². The quantitative estimate of drug-likeness (QED) is 0.534. The first-order chi connectivity index (χ1) is 14.4. The summed E-state index contributed by atoms with van der Waals surface area (Å²) in [5.74, 6) is 0. The average molecular weight is 392 g/mol. The van der Waals surface area contributed by atoms with Crippen LogP contribution in [0.4, 0.5) is 0 Å². The zero-order valence-corrected chi connectivity index (χ0v) is 17.0. The molecule has 140 valence electrons. The Labute approximate surface area is 174 Å². The van der Waals surface area contributed by atoms with Gasteiger partial charge in [0.25, 0.3) is 0 Å². The van der Waals surface area contributed by atoms with Crippen molar-refractivity contribution >= 4 is 35.4 Å². The third kappa shape index (κ3) is 2.82. The van der Waals surface area contributed by atoms with Crippen LogP contribution in [-0.2, 0) is 12.8 Å². The molecule has 3 aromatic rings. The summed E-state index contributed by atoms with van der Waals surface area (Å²) in [4.78, 5) is 1.23. The smallest absolute Gasteiger partial charge is 0.0755 e. The molecule has 0 spiro atoms. The molecule has 0 saturated carbocycles. The van der Waals surface area contributed by atoms with Gasteiger partial charge in [-0.15, -0.1) is 0 Å². The van der Waals surface area contributed by atoms with Crippen LogP contribution in [0.3, 0.4) is 0 Å². The summed E-state index contributed by atoms with van der Waals surface area (Å²) in [6, 6.07) is 22.0. The van der Waals surface area contributed by atoms with Crippen LogP contribution in [0.25, 0.3) is 17.7 Å². The molecule has 0 amide bonds. The number of hydrogen-bond donors (Lipinski definition) is 0. The molecule has 0 aromatic heterocycles. The molecular weight excluding hydrogens is 370 g/mol. The van der Waals surface area contributed by atoms with E-state index in [-0.39, 0.29) is 0 Å². The lowest BCUT2D eigenvalue weighted by Gasteiger charge is -2.20. The summed E-state index contributed by atoms with van der Waals surface area (Å²) in [6.07, 6.45) is 11.3. The van der Waals surface area contributed by atoms with Gasteiger partial charge in [-0.05, 0) is 81.0 Å². The Balaban J connectivity index is 1.58. The molecule has 0 bridgehead atoms. The fourth-order valence-electron chi connectivity index (χ4n) is 4.88. The van der Waals surface area contributed by atoms with E-state index in [1.54, 1.807) is 11.9 Å². The largest absolute Gasteiger partial charge is 0.211 e. The molecule has 29 heavy (non-hydrogen) atoms. The molecule has 0 radical (unpaired) electrons. The molecular formula is C27H21NS. The second-order valence-electron chi connectivity index (χ2n) is 7.88. The van der Waals surface area contributed by atoms with Gasteiger partial charge in [0.1, 0.15) is 0 Å². The second-order valence-corrected chi connectivity index (χ2v) is 8.69. The molecule has 3 aromatic carbocycles. The maximum Gasteiger partial charge on any atom is 0.0755 e. The number of hydrogen-bond acceptors (Lipinski definition) is 2. The molecule has 2 heteroatoms. The van der Waals surface area contributed by atoms with Crippen molar-refractivity contribution in [1.29, 1.82) is 0 Å². The monoisotopic (exact) mass is 391 g/mol. The minimum atomic E-state index is 1.03. The maximum atomic E-state index is 4.94. The number of rotatable bonds is 1. The summed E-state index contributed by atoms with van der Waals surface area (Å²) in [5.41, 5.74) is 6.85. The molecule has 2 aliphatic carbocycles. The van der Waals surface area contributed by atoms with Crippen LogP contribution >= 0.6 is 11.9 Å². The molecule has 1 aliphatic heterocycles. The van der Waals surface area contributed by atoms with Gasteiger partial charge in [-0.25, -0.2) is 4.40 Å². The first kappa shape index (κ1) is 17.1. The molecule has 1 heterocycles. The van der Waals surface area contributed by atoms with Gasteiger partial charge in [-0.3, -0.25) is 0 Å². The maximum absolute atomic E-state index is 4.94. The molecule has 0 atom stereocenters. The number of benzene rings is 3. The summed E-state index contributed by atoms with van der Waals surface area (Å²) >= 11 is 1.60. The van der Waals surface area contributed by atoms with Crippen molar-refractivity contribution in [2.75, 3.05) is 0 Å². The predicted octanol–water partition coefficient (Wildman–Crippen LogP) is 4.97. The second kappa shape index (κ2) is 6.89. The lowest BCUT2D eigenvalue weighted by atomic mass is 9.84. The number of allylic oxidation sites excluding steroid dienone is 1. The van der Waals surface area contributed by atoms with Gasteiger partial charge in [-0.1, -0.05) is 66.7 Å². The molecule has 0 unspecified atom stereocenters. The van der Waals surface area contributed by atoms with Gasteiger partial charge in [0.05, 0.1) is 5.71 Å². The van der Waals surface area contributed by atoms with Crippen molar-refractivity contribution in [3.63, 3.8) is 0 Å². The van der Waals surface area contributed by atoms with Crippen molar-refractivity contribution in [3.8, 4) is 0 Å². The van der Waals surface area contributed by atoms with Crippen LogP contribution in [0.5, 0.6) is 0 Å². The summed E-state index contributed by atoms with van der Waals surface area (Å²) < 4.78 is 4.94. The summed E-state index contributed by atoms with van der Waals surface area (Å²) in [7, 11) is 0. The highest BCUT2D eigenvalue weighted by molar-refractivity contribution is 7.98. The highest BCUT2D eigenvalue weighted by Crippen LogP contribution is 2.30. The van der Waals surface area contributed by atoms with Crippen LogP contribution < -0.4 is 10.4 Å². The molecule has 3 aliphatic rings. The Bertz CT molecular complexity index is 1430. The summed E-state index contributed by atoms with van der Waals surface area (Å²) in [5, 5.41) is 5.58. The molecule has 0 saturated heterocycles. The standard InChI is InChI=1S/C27H21NS/c1-3-8-20-18(6-1)12-14-23-21-9-5-10-25(24(21)16-15-22(20)23)26-17-13-19-7-2-4-11-27(19)29-28-26/h1-4,6-8,11-13,15-17H,5,9-10,14H2. The van der Waals surface area contributed by atoms with Crippen molar-refractivity contribution in [1.82, 2.24) is 0 Å². The van der Waals surface area contributed by atoms with E-state index in [2.05, 4.69) is 78.9 Å². The SMILES string of the molecule is C1=Cc2ccccc2SN=C1C1=c2ccc3c(c2CCC1)CC=c1ccccc1=3. The van der Waals surface area contributed by atoms with Gasteiger partial charge in [0, 0.05) is 16.8 Å². The van der Waals surface area contributed by atoms with E-state index in [9.17, 15) is 0 Å². The van der Waals surface area contributed by atoms with Crippen molar-refractivity contribution in [3.05, 3.63) is 104 Å². The minimum absolute atomic E-state index is 1.03. The first-order valence-electron chi connectivity index (χ1n) is 10.3. The van der Waals surface area contributed by atoms with Gasteiger partial charge in [0.2, 0.25) is 0 Å². The number of nitrogens with zero attached hydrogens (tertiary/aromatic N) is 1. The van der Waals surface area contributed by atoms with Crippen molar-refractivity contribution in [2.45, 2.75) is 30.6 Å². The molecule has 6 rings (SSSR count). The highest BCUT2D eigenvalue weighted by Gasteiger charge is 2.18. The van der Waals surface area contributed by atoms with Crippen LogP contribution in [-0.4, -0.2) is 5.71 Å². The van der Waals surface area contributed by atoms with Gasteiger partial charge in [0.15, 0.2) is 0 Å². The van der Waals surface area contributed by atoms with E-state index < -0.39 is 0 Å². The van der Waals surface area contributed by atoms with E-state index >= 15 is 0 Å². The van der Waals surface area contributed by atoms with Crippen LogP contribution in [0, 0.1) is 10.4 Å². The first-order valence-corrected chi connectivity index (χ1v) is 11.1. The minimum Gasteiger partial charge on any atom is -0.211 e. The number of fused-ring (bicyclic) bond motifs is 5. The lowest BCUT2D eigenvalue weighted by molar-refractivity contribution is 0.816. The van der Waals surface area contributed by atoms with E-state index in [1.165, 1.54) is 60.9 Å². The Morgan fingerprint density at radius 1 is 0.724 bits per heavy atom. The topological polar surface area (TPSA) is 12.4 Å². The van der Waals surface area contributed by atoms with Crippen LogP contribution in [0.2, 0.25) is 0 Å². The Kier molecular flexibility index (Phi) is 4.05. The van der Waals surface area contributed by atoms with E-state index in [4.69, 9.17) is 4.40 Å². The van der Waals surface area contributed by atoms with Crippen molar-refractivity contribution in [2.24, 2.45) is 4.40 Å². The molecule has 0 fully saturated rings. The summed E-state index contributed by atoms with van der Waals surface area (Å²) in [6.45, 7) is 0. The Morgan fingerprint density at radius 2 is 1.59 bits per heavy atom. The lowest BCUT2D eigenvalue weighted by Crippen LogP contribution is -2.25. The van der Waals surface area contributed by atoms with E-state index in [0.29, 0.717) is 0 Å². The fraction of sp³-hybridized carbons (Fsp3) is 0.148. The Morgan fingerprint density at radius 3 is 2.59 bits per heavy atom. The molecule has 1 nitrogen and oxygen atoms in total. The normalized spacial score (nSPS) is 16.6. The fourth-order valence-corrected chi connectivity index (χ4v) is 5.62. The molecule has 0 N–H and O–H groups in total. The third-order valence-electron chi connectivity index (χ3n) is 6.28. The highest BCUT2D eigenvalue weighted by atomic mass is 32.2. The zero-order chi connectivity index (χ0) is 19.2. The Hall–Kier alpha value is -2.84. The zero-order valence-electron chi connectivity index (χ0n) is 16.2. The van der Waals surface area contributed by atoms with Gasteiger partial charge in [-0.2, -0.15) is 0 Å². The van der Waals surface area contributed by atoms with Crippen LogP contribution in [0.1, 0.15) is 29.5 Å². The van der Waals surface area contributed by atoms with Gasteiger partial charge < -0.3 is 0 Å². The predicted molar refractivity (Wildman–Crippen MR) is 123 cm³/mol.